The Hall–Kier alpha value is -2.74. The van der Waals surface area contributed by atoms with Crippen molar-refractivity contribution in [3.8, 4) is 0 Å². The fourth-order valence-corrected chi connectivity index (χ4v) is 3.45. The molecule has 1 atom stereocenters. The predicted molar refractivity (Wildman–Crippen MR) is 100 cm³/mol. The summed E-state index contributed by atoms with van der Waals surface area (Å²) in [5, 5.41) is 18.2. The molecule has 7 nitrogen and oxygen atoms in total. The summed E-state index contributed by atoms with van der Waals surface area (Å²) in [5.74, 6) is -1.21. The van der Waals surface area contributed by atoms with Crippen LogP contribution in [0, 0.1) is 0 Å². The van der Waals surface area contributed by atoms with Gasteiger partial charge in [-0.2, -0.15) is 5.10 Å². The standard InChI is InChI=1S/C18H20N4O3S/c1-2-21(10-8-16-19-9-11-26-16)17(23)14-12-15(18(24)25)22(20-14)13-6-4-3-5-7-13/h3-7,9,11,15H,2,8,10,12H2,1H3,(H,24,25). The van der Waals surface area contributed by atoms with Crippen LogP contribution < -0.4 is 5.01 Å². The lowest BCUT2D eigenvalue weighted by Crippen LogP contribution is -2.38. The quantitative estimate of drug-likeness (QED) is 0.806. The second-order valence-corrected chi connectivity index (χ2v) is 6.82. The molecule has 26 heavy (non-hydrogen) atoms. The third kappa shape index (κ3) is 3.91. The summed E-state index contributed by atoms with van der Waals surface area (Å²) >= 11 is 1.56. The number of hydrazone groups is 1. The molecule has 0 radical (unpaired) electrons. The maximum Gasteiger partial charge on any atom is 0.328 e. The summed E-state index contributed by atoms with van der Waals surface area (Å²) in [4.78, 5) is 30.4. The number of aliphatic carboxylic acids is 1. The van der Waals surface area contributed by atoms with Gasteiger partial charge in [0.1, 0.15) is 5.71 Å². The van der Waals surface area contributed by atoms with Gasteiger partial charge in [-0.15, -0.1) is 11.3 Å². The zero-order valence-corrected chi connectivity index (χ0v) is 15.2. The first-order valence-corrected chi connectivity index (χ1v) is 9.30. The predicted octanol–water partition coefficient (Wildman–Crippen LogP) is 2.25. The number of carboxylic acid groups (broad SMARTS) is 1. The van der Waals surface area contributed by atoms with Crippen LogP contribution in [0.5, 0.6) is 0 Å². The molecule has 1 aromatic carbocycles. The van der Waals surface area contributed by atoms with Crippen molar-refractivity contribution in [2.45, 2.75) is 25.8 Å². The van der Waals surface area contributed by atoms with Gasteiger partial charge < -0.3 is 10.0 Å². The van der Waals surface area contributed by atoms with E-state index in [0.29, 0.717) is 25.2 Å². The molecule has 0 saturated carbocycles. The number of hydrogen-bond donors (Lipinski definition) is 1. The van der Waals surface area contributed by atoms with Crippen molar-refractivity contribution < 1.29 is 14.7 Å². The molecule has 1 amide bonds. The Labute approximate surface area is 155 Å². The number of likely N-dealkylation sites (N-methyl/N-ethyl adjacent to an activating group) is 1. The fourth-order valence-electron chi connectivity index (χ4n) is 2.84. The molecule has 2 heterocycles. The summed E-state index contributed by atoms with van der Waals surface area (Å²) < 4.78 is 0. The molecule has 0 saturated heterocycles. The molecule has 1 N–H and O–H groups in total. The van der Waals surface area contributed by atoms with E-state index in [4.69, 9.17) is 0 Å². The molecule has 0 aliphatic carbocycles. The van der Waals surface area contributed by atoms with Crippen molar-refractivity contribution >= 4 is 34.6 Å². The van der Waals surface area contributed by atoms with E-state index in [1.54, 1.807) is 34.6 Å². The third-order valence-corrected chi connectivity index (χ3v) is 5.05. The van der Waals surface area contributed by atoms with Crippen LogP contribution in [0.1, 0.15) is 18.4 Å². The van der Waals surface area contributed by atoms with E-state index in [0.717, 1.165) is 5.01 Å². The highest BCUT2D eigenvalue weighted by Crippen LogP contribution is 2.25. The Bertz CT molecular complexity index is 792. The highest BCUT2D eigenvalue weighted by atomic mass is 32.1. The van der Waals surface area contributed by atoms with Gasteiger partial charge in [0.05, 0.1) is 10.7 Å². The zero-order valence-electron chi connectivity index (χ0n) is 14.4. The van der Waals surface area contributed by atoms with Crippen LogP contribution in [0.2, 0.25) is 0 Å². The molecular formula is C18H20N4O3S. The number of thiazole rings is 1. The molecule has 136 valence electrons. The molecule has 1 unspecified atom stereocenters. The van der Waals surface area contributed by atoms with Gasteiger partial charge in [0.15, 0.2) is 6.04 Å². The number of carbonyl (C=O) groups is 2. The molecule has 1 aliphatic rings. The number of rotatable bonds is 7. The van der Waals surface area contributed by atoms with Crippen LogP contribution >= 0.6 is 11.3 Å². The molecule has 2 aromatic rings. The number of benzene rings is 1. The van der Waals surface area contributed by atoms with Crippen molar-refractivity contribution in [1.82, 2.24) is 9.88 Å². The highest BCUT2D eigenvalue weighted by Gasteiger charge is 2.37. The van der Waals surface area contributed by atoms with Crippen LogP contribution in [-0.4, -0.2) is 51.7 Å². The molecule has 1 aliphatic heterocycles. The molecular weight excluding hydrogens is 352 g/mol. The maximum atomic E-state index is 12.8. The summed E-state index contributed by atoms with van der Waals surface area (Å²) in [6, 6.07) is 8.18. The Morgan fingerprint density at radius 2 is 2.12 bits per heavy atom. The molecule has 8 heteroatoms. The molecule has 3 rings (SSSR count). The lowest BCUT2D eigenvalue weighted by molar-refractivity contribution is -0.138. The maximum absolute atomic E-state index is 12.8. The monoisotopic (exact) mass is 372 g/mol. The number of hydrogen-bond acceptors (Lipinski definition) is 6. The minimum atomic E-state index is -0.994. The van der Waals surface area contributed by atoms with Crippen molar-refractivity contribution in [2.75, 3.05) is 18.1 Å². The molecule has 1 aromatic heterocycles. The molecule has 0 fully saturated rings. The van der Waals surface area contributed by atoms with Gasteiger partial charge in [-0.1, -0.05) is 18.2 Å². The number of amides is 1. The minimum Gasteiger partial charge on any atom is -0.480 e. The van der Waals surface area contributed by atoms with E-state index in [1.165, 1.54) is 5.01 Å². The molecule has 0 bridgehead atoms. The van der Waals surface area contributed by atoms with Crippen LogP contribution in [0.25, 0.3) is 0 Å². The zero-order chi connectivity index (χ0) is 18.5. The fraction of sp³-hybridized carbons (Fsp3) is 0.333. The highest BCUT2D eigenvalue weighted by molar-refractivity contribution is 7.09. The third-order valence-electron chi connectivity index (χ3n) is 4.21. The number of aromatic nitrogens is 1. The van der Waals surface area contributed by atoms with Gasteiger partial charge in [0.25, 0.3) is 5.91 Å². The number of anilines is 1. The second-order valence-electron chi connectivity index (χ2n) is 5.85. The summed E-state index contributed by atoms with van der Waals surface area (Å²) in [5.41, 5.74) is 0.941. The van der Waals surface area contributed by atoms with Crippen molar-refractivity contribution in [2.24, 2.45) is 5.10 Å². The Morgan fingerprint density at radius 1 is 1.35 bits per heavy atom. The summed E-state index contributed by atoms with van der Waals surface area (Å²) in [6.45, 7) is 2.97. The molecule has 0 spiro atoms. The largest absolute Gasteiger partial charge is 0.480 e. The Balaban J connectivity index is 1.75. The van der Waals surface area contributed by atoms with Gasteiger partial charge in [-0.05, 0) is 19.1 Å². The van der Waals surface area contributed by atoms with Gasteiger partial charge >= 0.3 is 5.97 Å². The number of carboxylic acids is 1. The van der Waals surface area contributed by atoms with Crippen LogP contribution in [-0.2, 0) is 16.0 Å². The van der Waals surface area contributed by atoms with Crippen LogP contribution in [0.4, 0.5) is 5.69 Å². The first kappa shape index (κ1) is 18.1. The minimum absolute atomic E-state index is 0.0941. The van der Waals surface area contributed by atoms with Crippen LogP contribution in [0.3, 0.4) is 0 Å². The van der Waals surface area contributed by atoms with Crippen molar-refractivity contribution in [3.05, 3.63) is 46.9 Å². The second kappa shape index (κ2) is 8.09. The lowest BCUT2D eigenvalue weighted by Gasteiger charge is -2.19. The number of nitrogens with zero attached hydrogens (tertiary/aromatic N) is 4. The van der Waals surface area contributed by atoms with E-state index < -0.39 is 12.0 Å². The summed E-state index contributed by atoms with van der Waals surface area (Å²) in [7, 11) is 0. The lowest BCUT2D eigenvalue weighted by atomic mass is 10.1. The topological polar surface area (TPSA) is 86.1 Å². The van der Waals surface area contributed by atoms with Gasteiger partial charge in [-0.25, -0.2) is 9.78 Å². The first-order chi connectivity index (χ1) is 12.6. The number of carbonyl (C=O) groups excluding carboxylic acids is 1. The average Bonchev–Trinajstić information content (AvgIpc) is 3.32. The Morgan fingerprint density at radius 3 is 2.73 bits per heavy atom. The van der Waals surface area contributed by atoms with E-state index in [-0.39, 0.29) is 18.0 Å². The van der Waals surface area contributed by atoms with Gasteiger partial charge in [-0.3, -0.25) is 9.80 Å². The smallest absolute Gasteiger partial charge is 0.328 e. The van der Waals surface area contributed by atoms with E-state index in [9.17, 15) is 14.7 Å². The number of para-hydroxylation sites is 1. The van der Waals surface area contributed by atoms with Crippen molar-refractivity contribution in [3.63, 3.8) is 0 Å². The Kier molecular flexibility index (Phi) is 5.62. The average molecular weight is 372 g/mol. The van der Waals surface area contributed by atoms with E-state index in [2.05, 4.69) is 10.1 Å². The van der Waals surface area contributed by atoms with E-state index >= 15 is 0 Å². The van der Waals surface area contributed by atoms with Gasteiger partial charge in [0.2, 0.25) is 0 Å². The normalized spacial score (nSPS) is 16.4. The van der Waals surface area contributed by atoms with Gasteiger partial charge in [0, 0.05) is 37.5 Å². The summed E-state index contributed by atoms with van der Waals surface area (Å²) in [6.07, 6.45) is 2.51. The SMILES string of the molecule is CCN(CCc1nccs1)C(=O)C1=NN(c2ccccc2)C(C(=O)O)C1. The first-order valence-electron chi connectivity index (χ1n) is 8.42. The van der Waals surface area contributed by atoms with Crippen molar-refractivity contribution in [1.29, 1.82) is 0 Å². The van der Waals surface area contributed by atoms with E-state index in [1.807, 2.05) is 30.5 Å². The van der Waals surface area contributed by atoms with Crippen LogP contribution in [0.15, 0.2) is 47.0 Å².